The van der Waals surface area contributed by atoms with Crippen molar-refractivity contribution >= 4 is 5.91 Å². The summed E-state index contributed by atoms with van der Waals surface area (Å²) >= 11 is 0. The van der Waals surface area contributed by atoms with Crippen molar-refractivity contribution in [1.29, 1.82) is 0 Å². The van der Waals surface area contributed by atoms with Gasteiger partial charge < -0.3 is 11.1 Å². The fraction of sp³-hybridized carbons (Fsp3) is 0.917. The number of rotatable bonds is 8. The number of carbonyl (C=O) groups excluding carboxylic acids is 1. The highest BCUT2D eigenvalue weighted by atomic mass is 16.1. The van der Waals surface area contributed by atoms with Gasteiger partial charge in [-0.1, -0.05) is 33.1 Å². The van der Waals surface area contributed by atoms with Crippen LogP contribution in [0.2, 0.25) is 0 Å². The van der Waals surface area contributed by atoms with Crippen LogP contribution < -0.4 is 11.1 Å². The van der Waals surface area contributed by atoms with Gasteiger partial charge in [-0.25, -0.2) is 0 Å². The molecule has 1 amide bonds. The second kappa shape index (κ2) is 8.72. The molecule has 3 nitrogen and oxygen atoms in total. The zero-order chi connectivity index (χ0) is 11.7. The first-order valence-corrected chi connectivity index (χ1v) is 6.12. The smallest absolute Gasteiger partial charge is 0.221 e. The first kappa shape index (κ1) is 14.4. The lowest BCUT2D eigenvalue weighted by Crippen LogP contribution is -2.33. The van der Waals surface area contributed by atoms with Gasteiger partial charge in [0.1, 0.15) is 0 Å². The molecule has 0 saturated carbocycles. The predicted octanol–water partition coefficient (Wildman–Crippen LogP) is 2.06. The molecule has 0 aliphatic heterocycles. The van der Waals surface area contributed by atoms with E-state index in [0.29, 0.717) is 12.3 Å². The van der Waals surface area contributed by atoms with Crippen molar-refractivity contribution in [3.05, 3.63) is 0 Å². The number of amides is 1. The quantitative estimate of drug-likeness (QED) is 0.650. The lowest BCUT2D eigenvalue weighted by Gasteiger charge is -2.15. The van der Waals surface area contributed by atoms with E-state index in [4.69, 9.17) is 5.73 Å². The van der Waals surface area contributed by atoms with Crippen LogP contribution in [0, 0.1) is 5.92 Å². The monoisotopic (exact) mass is 214 g/mol. The maximum Gasteiger partial charge on any atom is 0.221 e. The maximum absolute atomic E-state index is 11.4. The Morgan fingerprint density at radius 2 is 2.07 bits per heavy atom. The van der Waals surface area contributed by atoms with Gasteiger partial charge in [0.2, 0.25) is 5.91 Å². The summed E-state index contributed by atoms with van der Waals surface area (Å²) in [6.45, 7) is 7.04. The standard InChI is InChI=1S/C12H26N2O/c1-4-6-7-11(5-2)9-14-12(15)8-10(3)13/h10-11H,4-9,13H2,1-3H3,(H,14,15). The van der Waals surface area contributed by atoms with Gasteiger partial charge in [0.25, 0.3) is 0 Å². The molecule has 0 aromatic rings. The summed E-state index contributed by atoms with van der Waals surface area (Å²) in [5.41, 5.74) is 5.55. The van der Waals surface area contributed by atoms with Crippen molar-refractivity contribution < 1.29 is 4.79 Å². The molecule has 3 heteroatoms. The van der Waals surface area contributed by atoms with Crippen LogP contribution >= 0.6 is 0 Å². The van der Waals surface area contributed by atoms with E-state index in [1.165, 1.54) is 19.3 Å². The van der Waals surface area contributed by atoms with E-state index in [9.17, 15) is 4.79 Å². The molecule has 0 aromatic heterocycles. The van der Waals surface area contributed by atoms with Gasteiger partial charge in [-0.3, -0.25) is 4.79 Å². The third-order valence-corrected chi connectivity index (χ3v) is 2.64. The molecule has 0 aliphatic carbocycles. The predicted molar refractivity (Wildman–Crippen MR) is 64.6 cm³/mol. The summed E-state index contributed by atoms with van der Waals surface area (Å²) in [6, 6.07) is -0.0410. The maximum atomic E-state index is 11.4. The fourth-order valence-electron chi connectivity index (χ4n) is 1.57. The van der Waals surface area contributed by atoms with Crippen molar-refractivity contribution in [3.63, 3.8) is 0 Å². The summed E-state index contributed by atoms with van der Waals surface area (Å²) in [5.74, 6) is 0.710. The summed E-state index contributed by atoms with van der Waals surface area (Å²) in [7, 11) is 0. The Bertz CT molecular complexity index is 169. The van der Waals surface area contributed by atoms with E-state index in [1.807, 2.05) is 6.92 Å². The topological polar surface area (TPSA) is 55.1 Å². The molecule has 0 rings (SSSR count). The van der Waals surface area contributed by atoms with Crippen LogP contribution in [-0.4, -0.2) is 18.5 Å². The number of nitrogens with two attached hydrogens (primary N) is 1. The molecule has 0 bridgehead atoms. The third kappa shape index (κ3) is 8.43. The van der Waals surface area contributed by atoms with Crippen LogP contribution in [0.5, 0.6) is 0 Å². The van der Waals surface area contributed by atoms with Crippen LogP contribution in [0.4, 0.5) is 0 Å². The van der Waals surface area contributed by atoms with E-state index >= 15 is 0 Å². The van der Waals surface area contributed by atoms with Gasteiger partial charge >= 0.3 is 0 Å². The highest BCUT2D eigenvalue weighted by Gasteiger charge is 2.09. The molecule has 15 heavy (non-hydrogen) atoms. The van der Waals surface area contributed by atoms with Crippen LogP contribution in [0.25, 0.3) is 0 Å². The minimum Gasteiger partial charge on any atom is -0.356 e. The van der Waals surface area contributed by atoms with E-state index in [-0.39, 0.29) is 11.9 Å². The summed E-state index contributed by atoms with van der Waals surface area (Å²) in [6.07, 6.45) is 5.26. The zero-order valence-corrected chi connectivity index (χ0v) is 10.4. The zero-order valence-electron chi connectivity index (χ0n) is 10.4. The van der Waals surface area contributed by atoms with E-state index in [0.717, 1.165) is 13.0 Å². The average Bonchev–Trinajstić information content (AvgIpc) is 2.17. The van der Waals surface area contributed by atoms with E-state index in [2.05, 4.69) is 19.2 Å². The molecule has 2 atom stereocenters. The molecular weight excluding hydrogens is 188 g/mol. The Kier molecular flexibility index (Phi) is 8.38. The number of carbonyl (C=O) groups is 1. The highest BCUT2D eigenvalue weighted by molar-refractivity contribution is 5.76. The molecule has 0 fully saturated rings. The van der Waals surface area contributed by atoms with Gasteiger partial charge in [-0.15, -0.1) is 0 Å². The molecule has 0 saturated heterocycles. The normalized spacial score (nSPS) is 14.7. The van der Waals surface area contributed by atoms with Crippen molar-refractivity contribution in [2.24, 2.45) is 11.7 Å². The highest BCUT2D eigenvalue weighted by Crippen LogP contribution is 2.11. The van der Waals surface area contributed by atoms with Crippen molar-refractivity contribution in [2.45, 2.75) is 58.9 Å². The van der Waals surface area contributed by atoms with Gasteiger partial charge in [0.15, 0.2) is 0 Å². The van der Waals surface area contributed by atoms with Crippen LogP contribution in [0.1, 0.15) is 52.9 Å². The van der Waals surface area contributed by atoms with Gasteiger partial charge in [-0.2, -0.15) is 0 Å². The first-order valence-electron chi connectivity index (χ1n) is 6.12. The van der Waals surface area contributed by atoms with E-state index in [1.54, 1.807) is 0 Å². The van der Waals surface area contributed by atoms with Crippen molar-refractivity contribution in [3.8, 4) is 0 Å². The molecule has 2 unspecified atom stereocenters. The van der Waals surface area contributed by atoms with Gasteiger partial charge in [0.05, 0.1) is 0 Å². The molecule has 0 radical (unpaired) electrons. The lowest BCUT2D eigenvalue weighted by molar-refractivity contribution is -0.121. The number of hydrogen-bond donors (Lipinski definition) is 2. The van der Waals surface area contributed by atoms with Crippen LogP contribution in [0.15, 0.2) is 0 Å². The molecule has 0 aromatic carbocycles. The number of nitrogens with one attached hydrogen (secondary N) is 1. The van der Waals surface area contributed by atoms with Crippen molar-refractivity contribution in [2.75, 3.05) is 6.54 Å². The Morgan fingerprint density at radius 1 is 1.40 bits per heavy atom. The lowest BCUT2D eigenvalue weighted by atomic mass is 9.99. The average molecular weight is 214 g/mol. The minimum absolute atomic E-state index is 0.0410. The summed E-state index contributed by atoms with van der Waals surface area (Å²) < 4.78 is 0. The fourth-order valence-corrected chi connectivity index (χ4v) is 1.57. The molecule has 0 aliphatic rings. The number of unbranched alkanes of at least 4 members (excludes halogenated alkanes) is 1. The van der Waals surface area contributed by atoms with E-state index < -0.39 is 0 Å². The van der Waals surface area contributed by atoms with Gasteiger partial charge in [-0.05, 0) is 19.3 Å². The molecule has 0 heterocycles. The molecule has 90 valence electrons. The van der Waals surface area contributed by atoms with Crippen LogP contribution in [-0.2, 0) is 4.79 Å². The Labute approximate surface area is 93.8 Å². The molecule has 3 N–H and O–H groups in total. The third-order valence-electron chi connectivity index (χ3n) is 2.64. The van der Waals surface area contributed by atoms with Crippen molar-refractivity contribution in [1.82, 2.24) is 5.32 Å². The Hall–Kier alpha value is -0.570. The Balaban J connectivity index is 3.65. The second-order valence-electron chi connectivity index (χ2n) is 4.40. The SMILES string of the molecule is CCCCC(CC)CNC(=O)CC(C)N. The summed E-state index contributed by atoms with van der Waals surface area (Å²) in [4.78, 5) is 11.4. The Morgan fingerprint density at radius 3 is 2.53 bits per heavy atom. The van der Waals surface area contributed by atoms with Gasteiger partial charge in [0, 0.05) is 19.0 Å². The second-order valence-corrected chi connectivity index (χ2v) is 4.40. The largest absolute Gasteiger partial charge is 0.356 e. The number of hydrogen-bond acceptors (Lipinski definition) is 2. The molecular formula is C12H26N2O. The minimum atomic E-state index is -0.0410. The molecule has 0 spiro atoms. The summed E-state index contributed by atoms with van der Waals surface area (Å²) in [5, 5.41) is 2.95. The van der Waals surface area contributed by atoms with Crippen LogP contribution in [0.3, 0.4) is 0 Å². The first-order chi connectivity index (χ1) is 7.10.